The van der Waals surface area contributed by atoms with Gasteiger partial charge in [0.2, 0.25) is 5.88 Å². The quantitative estimate of drug-likeness (QED) is 0.620. The van der Waals surface area contributed by atoms with Gasteiger partial charge in [-0.1, -0.05) is 6.58 Å². The monoisotopic (exact) mass is 490 g/mol. The number of pyridine rings is 1. The van der Waals surface area contributed by atoms with Crippen molar-refractivity contribution in [2.45, 2.75) is 37.6 Å². The Kier molecular flexibility index (Phi) is 6.86. The van der Waals surface area contributed by atoms with Crippen LogP contribution >= 0.6 is 0 Å². The molecule has 0 amide bonds. The van der Waals surface area contributed by atoms with Gasteiger partial charge in [0, 0.05) is 49.5 Å². The minimum absolute atomic E-state index is 0.0120. The number of methoxy groups -OCH3 is 1. The van der Waals surface area contributed by atoms with E-state index in [4.69, 9.17) is 14.6 Å². The molecule has 2 aromatic rings. The number of aliphatic carboxylic acids is 1. The van der Waals surface area contributed by atoms with Gasteiger partial charge in [-0.25, -0.2) is 4.98 Å². The first-order valence-electron chi connectivity index (χ1n) is 11.0. The Morgan fingerprint density at radius 1 is 1.17 bits per heavy atom. The summed E-state index contributed by atoms with van der Waals surface area (Å²) in [4.78, 5) is 17.6. The third kappa shape index (κ3) is 5.50. The highest BCUT2D eigenvalue weighted by Gasteiger charge is 2.46. The van der Waals surface area contributed by atoms with Crippen molar-refractivity contribution in [3.05, 3.63) is 54.7 Å². The molecule has 0 aliphatic carbocycles. The van der Waals surface area contributed by atoms with E-state index in [2.05, 4.69) is 21.6 Å². The van der Waals surface area contributed by atoms with E-state index in [1.54, 1.807) is 37.6 Å². The van der Waals surface area contributed by atoms with Crippen LogP contribution in [-0.4, -0.2) is 60.3 Å². The van der Waals surface area contributed by atoms with Crippen LogP contribution < -0.4 is 19.4 Å². The Labute approximate surface area is 200 Å². The second-order valence-corrected chi connectivity index (χ2v) is 8.28. The molecule has 0 bridgehead atoms. The highest BCUT2D eigenvalue weighted by molar-refractivity contribution is 6.08. The molecule has 4 rings (SSSR count). The van der Waals surface area contributed by atoms with Crippen molar-refractivity contribution in [1.29, 1.82) is 0 Å². The van der Waals surface area contributed by atoms with E-state index >= 15 is 0 Å². The van der Waals surface area contributed by atoms with Crippen molar-refractivity contribution < 1.29 is 32.5 Å². The van der Waals surface area contributed by atoms with E-state index in [9.17, 15) is 18.0 Å². The molecule has 11 heteroatoms. The number of nitrogens with zero attached hydrogens (tertiary/aromatic N) is 4. The number of carbonyl (C=O) groups is 1. The molecule has 1 aromatic carbocycles. The van der Waals surface area contributed by atoms with Gasteiger partial charge in [-0.2, -0.15) is 18.3 Å². The zero-order valence-electron chi connectivity index (χ0n) is 19.0. The normalized spacial score (nSPS) is 19.0. The highest BCUT2D eigenvalue weighted by atomic mass is 19.4. The summed E-state index contributed by atoms with van der Waals surface area (Å²) in [6.45, 7) is 5.03. The van der Waals surface area contributed by atoms with Crippen LogP contribution in [0.4, 0.5) is 24.5 Å². The Morgan fingerprint density at radius 3 is 2.46 bits per heavy atom. The molecule has 8 nitrogen and oxygen atoms in total. The van der Waals surface area contributed by atoms with E-state index in [1.807, 2.05) is 12.1 Å². The lowest BCUT2D eigenvalue weighted by atomic mass is 10.0. The molecule has 1 atom stereocenters. The fourth-order valence-corrected chi connectivity index (χ4v) is 4.21. The number of halogens is 3. The maximum Gasteiger partial charge on any atom is 0.435 e. The SMILES string of the molecule is C=C1C(C(F)(F)F)=NN(c2ccc(OC3CCN(c4ccnc(OC)c4)CC3)cc2)[C@H]1CC(=O)O. The molecule has 0 spiro atoms. The molecule has 3 heterocycles. The summed E-state index contributed by atoms with van der Waals surface area (Å²) in [5, 5.41) is 13.9. The lowest BCUT2D eigenvalue weighted by molar-refractivity contribution is -0.137. The van der Waals surface area contributed by atoms with Gasteiger partial charge < -0.3 is 19.5 Å². The summed E-state index contributed by atoms with van der Waals surface area (Å²) in [5.41, 5.74) is -0.173. The maximum atomic E-state index is 13.3. The smallest absolute Gasteiger partial charge is 0.435 e. The van der Waals surface area contributed by atoms with Crippen LogP contribution in [0.5, 0.6) is 11.6 Å². The molecule has 0 saturated carbocycles. The van der Waals surface area contributed by atoms with Crippen LogP contribution in [-0.2, 0) is 4.79 Å². The fourth-order valence-electron chi connectivity index (χ4n) is 4.21. The van der Waals surface area contributed by atoms with Crippen molar-refractivity contribution in [1.82, 2.24) is 4.98 Å². The Hall–Kier alpha value is -3.76. The van der Waals surface area contributed by atoms with Gasteiger partial charge >= 0.3 is 12.1 Å². The summed E-state index contributed by atoms with van der Waals surface area (Å²) < 4.78 is 51.2. The number of ether oxygens (including phenoxy) is 2. The van der Waals surface area contributed by atoms with Crippen LogP contribution in [0.3, 0.4) is 0 Å². The first-order valence-corrected chi connectivity index (χ1v) is 11.0. The van der Waals surface area contributed by atoms with E-state index in [-0.39, 0.29) is 11.7 Å². The lowest BCUT2D eigenvalue weighted by Crippen LogP contribution is -2.38. The summed E-state index contributed by atoms with van der Waals surface area (Å²) in [7, 11) is 1.57. The second-order valence-electron chi connectivity index (χ2n) is 8.28. The zero-order chi connectivity index (χ0) is 25.2. The van der Waals surface area contributed by atoms with Gasteiger partial charge in [-0.05, 0) is 30.3 Å². The number of aromatic nitrogens is 1. The number of piperidine rings is 1. The van der Waals surface area contributed by atoms with Gasteiger partial charge in [0.05, 0.1) is 25.3 Å². The maximum absolute atomic E-state index is 13.3. The van der Waals surface area contributed by atoms with Crippen LogP contribution in [0.25, 0.3) is 0 Å². The third-order valence-corrected chi connectivity index (χ3v) is 5.98. The van der Waals surface area contributed by atoms with Gasteiger partial charge in [0.15, 0.2) is 5.71 Å². The van der Waals surface area contributed by atoms with E-state index < -0.39 is 30.3 Å². The minimum atomic E-state index is -4.72. The van der Waals surface area contributed by atoms with E-state index in [0.717, 1.165) is 36.6 Å². The average molecular weight is 490 g/mol. The Balaban J connectivity index is 1.40. The van der Waals surface area contributed by atoms with Crippen LogP contribution in [0.1, 0.15) is 19.3 Å². The van der Waals surface area contributed by atoms with Gasteiger partial charge in [0.25, 0.3) is 0 Å². The summed E-state index contributed by atoms with van der Waals surface area (Å²) in [6, 6.07) is 9.13. The van der Waals surface area contributed by atoms with Gasteiger partial charge in [0.1, 0.15) is 11.9 Å². The molecule has 1 saturated heterocycles. The van der Waals surface area contributed by atoms with E-state index in [0.29, 0.717) is 17.3 Å². The number of hydrogen-bond donors (Lipinski definition) is 1. The van der Waals surface area contributed by atoms with Crippen LogP contribution in [0, 0.1) is 0 Å². The largest absolute Gasteiger partial charge is 0.490 e. The molecule has 1 aromatic heterocycles. The summed E-state index contributed by atoms with van der Waals surface area (Å²) in [6.07, 6.45) is -2.00. The first kappa shape index (κ1) is 24.4. The number of alkyl halides is 3. The van der Waals surface area contributed by atoms with Gasteiger partial charge in [-0.15, -0.1) is 0 Å². The average Bonchev–Trinajstić information content (AvgIpc) is 3.16. The topological polar surface area (TPSA) is 87.5 Å². The second kappa shape index (κ2) is 9.85. The van der Waals surface area contributed by atoms with Crippen molar-refractivity contribution in [3.63, 3.8) is 0 Å². The molecule has 186 valence electrons. The molecule has 0 unspecified atom stereocenters. The Bertz CT molecular complexity index is 1110. The first-order chi connectivity index (χ1) is 16.7. The van der Waals surface area contributed by atoms with Crippen LogP contribution in [0.15, 0.2) is 59.8 Å². The van der Waals surface area contributed by atoms with Crippen molar-refractivity contribution in [2.24, 2.45) is 5.10 Å². The molecule has 2 aliphatic heterocycles. The minimum Gasteiger partial charge on any atom is -0.490 e. The molecule has 35 heavy (non-hydrogen) atoms. The number of rotatable bonds is 7. The van der Waals surface area contributed by atoms with Crippen LogP contribution in [0.2, 0.25) is 0 Å². The predicted octanol–water partition coefficient (Wildman–Crippen LogP) is 4.28. The summed E-state index contributed by atoms with van der Waals surface area (Å²) >= 11 is 0. The molecular weight excluding hydrogens is 465 g/mol. The molecule has 0 radical (unpaired) electrons. The zero-order valence-corrected chi connectivity index (χ0v) is 19.0. The van der Waals surface area contributed by atoms with Crippen molar-refractivity contribution >= 4 is 23.1 Å². The number of benzene rings is 1. The number of carboxylic acid groups (broad SMARTS) is 1. The van der Waals surface area contributed by atoms with Crippen molar-refractivity contribution in [3.8, 4) is 11.6 Å². The van der Waals surface area contributed by atoms with Crippen molar-refractivity contribution in [2.75, 3.05) is 30.1 Å². The number of hydrazone groups is 1. The standard InChI is InChI=1S/C24H25F3N4O4/c1-15-20(14-22(32)33)31(29-23(15)24(25,26)27)16-3-5-18(6-4-16)35-19-8-11-30(12-9-19)17-7-10-28-21(13-17)34-2/h3-7,10,13,19-20H,1,8-9,11-12,14H2,2H3,(H,32,33)/t20-/m0/s1. The Morgan fingerprint density at radius 2 is 1.86 bits per heavy atom. The number of hydrogen-bond acceptors (Lipinski definition) is 7. The highest BCUT2D eigenvalue weighted by Crippen LogP contribution is 2.36. The molecular formula is C24H25F3N4O4. The predicted molar refractivity (Wildman–Crippen MR) is 124 cm³/mol. The van der Waals surface area contributed by atoms with Gasteiger partial charge in [-0.3, -0.25) is 9.80 Å². The lowest BCUT2D eigenvalue weighted by Gasteiger charge is -2.33. The number of anilines is 2. The molecule has 2 aliphatic rings. The fraction of sp³-hybridized carbons (Fsp3) is 0.375. The number of carboxylic acids is 1. The molecule has 1 N–H and O–H groups in total. The summed E-state index contributed by atoms with van der Waals surface area (Å²) in [5.74, 6) is -0.110. The van der Waals surface area contributed by atoms with E-state index in [1.165, 1.54) is 0 Å². The molecule has 1 fully saturated rings. The third-order valence-electron chi connectivity index (χ3n) is 5.98.